The molecule has 0 aliphatic rings. The zero-order valence-corrected chi connectivity index (χ0v) is 11.7. The maximum absolute atomic E-state index is 12.4. The van der Waals surface area contributed by atoms with Crippen molar-refractivity contribution in [1.29, 1.82) is 0 Å². The van der Waals surface area contributed by atoms with Gasteiger partial charge in [-0.2, -0.15) is 18.3 Å². The van der Waals surface area contributed by atoms with Crippen LogP contribution in [0.4, 0.5) is 13.2 Å². The number of aromatic nitrogens is 2. The SMILES string of the molecule is CC(C)CNCCCC(C)n1ccc(C(F)(F)F)n1. The van der Waals surface area contributed by atoms with Crippen LogP contribution >= 0.6 is 0 Å². The molecular formula is C13H22F3N3. The molecule has 1 N–H and O–H groups in total. The second-order valence-electron chi connectivity index (χ2n) is 5.27. The summed E-state index contributed by atoms with van der Waals surface area (Å²) >= 11 is 0. The van der Waals surface area contributed by atoms with Gasteiger partial charge in [-0.15, -0.1) is 0 Å². The van der Waals surface area contributed by atoms with Gasteiger partial charge in [0.1, 0.15) is 0 Å². The summed E-state index contributed by atoms with van der Waals surface area (Å²) < 4.78 is 38.6. The molecule has 0 fully saturated rings. The fourth-order valence-electron chi connectivity index (χ4n) is 1.78. The van der Waals surface area contributed by atoms with Crippen molar-refractivity contribution in [2.75, 3.05) is 13.1 Å². The first-order valence-corrected chi connectivity index (χ1v) is 6.63. The fourth-order valence-corrected chi connectivity index (χ4v) is 1.78. The first-order chi connectivity index (χ1) is 8.80. The standard InChI is InChI=1S/C13H22F3N3/c1-10(2)9-17-7-4-5-11(3)19-8-6-12(18-19)13(14,15)16/h6,8,10-11,17H,4-5,7,9H2,1-3H3. The molecule has 0 aromatic carbocycles. The van der Waals surface area contributed by atoms with Crippen molar-refractivity contribution >= 4 is 0 Å². The molecule has 0 spiro atoms. The van der Waals surface area contributed by atoms with Crippen LogP contribution in [0.1, 0.15) is 45.3 Å². The molecule has 1 unspecified atom stereocenters. The number of nitrogens with zero attached hydrogens (tertiary/aromatic N) is 2. The van der Waals surface area contributed by atoms with Gasteiger partial charge in [0.25, 0.3) is 0 Å². The summed E-state index contributed by atoms with van der Waals surface area (Å²) in [4.78, 5) is 0. The molecule has 110 valence electrons. The number of halogens is 3. The van der Waals surface area contributed by atoms with Crippen molar-refractivity contribution in [3.05, 3.63) is 18.0 Å². The molecule has 0 aliphatic heterocycles. The van der Waals surface area contributed by atoms with Crippen molar-refractivity contribution < 1.29 is 13.2 Å². The molecule has 0 aliphatic carbocycles. The van der Waals surface area contributed by atoms with E-state index in [4.69, 9.17) is 0 Å². The highest BCUT2D eigenvalue weighted by Crippen LogP contribution is 2.28. The molecular weight excluding hydrogens is 255 g/mol. The van der Waals surface area contributed by atoms with E-state index in [2.05, 4.69) is 24.3 Å². The van der Waals surface area contributed by atoms with E-state index in [0.29, 0.717) is 5.92 Å². The third-order valence-corrected chi connectivity index (χ3v) is 2.88. The zero-order valence-electron chi connectivity index (χ0n) is 11.7. The van der Waals surface area contributed by atoms with Gasteiger partial charge in [-0.1, -0.05) is 13.8 Å². The topological polar surface area (TPSA) is 29.9 Å². The first-order valence-electron chi connectivity index (χ1n) is 6.63. The van der Waals surface area contributed by atoms with Gasteiger partial charge in [-0.05, 0) is 44.8 Å². The lowest BCUT2D eigenvalue weighted by Crippen LogP contribution is -2.21. The number of hydrogen-bond donors (Lipinski definition) is 1. The third-order valence-electron chi connectivity index (χ3n) is 2.88. The Balaban J connectivity index is 2.33. The van der Waals surface area contributed by atoms with Gasteiger partial charge >= 0.3 is 6.18 Å². The lowest BCUT2D eigenvalue weighted by molar-refractivity contribution is -0.141. The molecule has 1 heterocycles. The molecule has 1 aromatic rings. The van der Waals surface area contributed by atoms with Crippen LogP contribution in [0.2, 0.25) is 0 Å². The van der Waals surface area contributed by atoms with E-state index in [1.165, 1.54) is 10.9 Å². The van der Waals surface area contributed by atoms with Crippen molar-refractivity contribution in [3.8, 4) is 0 Å². The summed E-state index contributed by atoms with van der Waals surface area (Å²) in [5.41, 5.74) is -0.822. The molecule has 0 radical (unpaired) electrons. The van der Waals surface area contributed by atoms with Gasteiger partial charge in [-0.3, -0.25) is 4.68 Å². The average molecular weight is 277 g/mol. The summed E-state index contributed by atoms with van der Waals surface area (Å²) in [7, 11) is 0. The Kier molecular flexibility index (Phi) is 5.85. The molecule has 0 saturated carbocycles. The van der Waals surface area contributed by atoms with Crippen LogP contribution in [0.25, 0.3) is 0 Å². The first kappa shape index (κ1) is 16.0. The van der Waals surface area contributed by atoms with Crippen LogP contribution in [0.5, 0.6) is 0 Å². The van der Waals surface area contributed by atoms with Crippen LogP contribution in [0, 0.1) is 5.92 Å². The molecule has 6 heteroatoms. The quantitative estimate of drug-likeness (QED) is 0.773. The smallest absolute Gasteiger partial charge is 0.316 e. The van der Waals surface area contributed by atoms with Crippen molar-refractivity contribution in [3.63, 3.8) is 0 Å². The van der Waals surface area contributed by atoms with Crippen molar-refractivity contribution in [2.45, 2.75) is 45.8 Å². The van der Waals surface area contributed by atoms with E-state index in [1.54, 1.807) is 0 Å². The molecule has 1 aromatic heterocycles. The third kappa shape index (κ3) is 5.63. The number of hydrogen-bond acceptors (Lipinski definition) is 2. The summed E-state index contributed by atoms with van der Waals surface area (Å²) in [6, 6.07) is 1.00. The highest BCUT2D eigenvalue weighted by molar-refractivity contribution is 5.03. The molecule has 19 heavy (non-hydrogen) atoms. The molecule has 0 amide bonds. The van der Waals surface area contributed by atoms with Crippen LogP contribution in [0.15, 0.2) is 12.3 Å². The van der Waals surface area contributed by atoms with Crippen LogP contribution in [-0.2, 0) is 6.18 Å². The largest absolute Gasteiger partial charge is 0.435 e. The monoisotopic (exact) mass is 277 g/mol. The van der Waals surface area contributed by atoms with Crippen LogP contribution in [0.3, 0.4) is 0 Å². The van der Waals surface area contributed by atoms with Gasteiger partial charge in [0.15, 0.2) is 5.69 Å². The minimum absolute atomic E-state index is 0.0167. The second kappa shape index (κ2) is 6.93. The van der Waals surface area contributed by atoms with E-state index < -0.39 is 11.9 Å². The van der Waals surface area contributed by atoms with Gasteiger partial charge in [0, 0.05) is 12.2 Å². The van der Waals surface area contributed by atoms with E-state index in [1.807, 2.05) is 6.92 Å². The Bertz CT molecular complexity index is 371. The molecule has 1 rings (SSSR count). The molecule has 1 atom stereocenters. The maximum atomic E-state index is 12.4. The van der Waals surface area contributed by atoms with Gasteiger partial charge in [0.2, 0.25) is 0 Å². The van der Waals surface area contributed by atoms with Crippen molar-refractivity contribution in [2.24, 2.45) is 5.92 Å². The van der Waals surface area contributed by atoms with Crippen LogP contribution < -0.4 is 5.32 Å². The number of nitrogens with one attached hydrogen (secondary N) is 1. The van der Waals surface area contributed by atoms with E-state index in [9.17, 15) is 13.2 Å². The molecule has 3 nitrogen and oxygen atoms in total. The lowest BCUT2D eigenvalue weighted by atomic mass is 10.2. The Morgan fingerprint density at radius 1 is 1.32 bits per heavy atom. The summed E-state index contributed by atoms with van der Waals surface area (Å²) in [6.07, 6.45) is -1.22. The van der Waals surface area contributed by atoms with E-state index >= 15 is 0 Å². The molecule has 0 bridgehead atoms. The normalized spacial score (nSPS) is 14.1. The Morgan fingerprint density at radius 3 is 2.53 bits per heavy atom. The Morgan fingerprint density at radius 2 is 2.00 bits per heavy atom. The highest BCUT2D eigenvalue weighted by atomic mass is 19.4. The minimum Gasteiger partial charge on any atom is -0.316 e. The average Bonchev–Trinajstić information content (AvgIpc) is 2.76. The van der Waals surface area contributed by atoms with Gasteiger partial charge in [0.05, 0.1) is 0 Å². The minimum atomic E-state index is -4.36. The van der Waals surface area contributed by atoms with Gasteiger partial charge in [-0.25, -0.2) is 0 Å². The Hall–Kier alpha value is -1.04. The highest BCUT2D eigenvalue weighted by Gasteiger charge is 2.33. The van der Waals surface area contributed by atoms with Crippen LogP contribution in [-0.4, -0.2) is 22.9 Å². The molecule has 0 saturated heterocycles. The Labute approximate surface area is 112 Å². The maximum Gasteiger partial charge on any atom is 0.435 e. The summed E-state index contributed by atoms with van der Waals surface area (Å²) in [5, 5.41) is 6.89. The number of rotatable bonds is 7. The summed E-state index contributed by atoms with van der Waals surface area (Å²) in [5.74, 6) is 0.609. The second-order valence-corrected chi connectivity index (χ2v) is 5.27. The van der Waals surface area contributed by atoms with E-state index in [0.717, 1.165) is 32.0 Å². The predicted molar refractivity (Wildman–Crippen MR) is 68.9 cm³/mol. The van der Waals surface area contributed by atoms with Gasteiger partial charge < -0.3 is 5.32 Å². The van der Waals surface area contributed by atoms with Crippen molar-refractivity contribution in [1.82, 2.24) is 15.1 Å². The number of alkyl halides is 3. The van der Waals surface area contributed by atoms with E-state index in [-0.39, 0.29) is 6.04 Å². The lowest BCUT2D eigenvalue weighted by Gasteiger charge is -2.13. The predicted octanol–water partition coefficient (Wildman–Crippen LogP) is 3.49. The summed E-state index contributed by atoms with van der Waals surface area (Å²) in [6.45, 7) is 8.01. The fraction of sp³-hybridized carbons (Fsp3) is 0.769. The zero-order chi connectivity index (χ0) is 14.5.